The summed E-state index contributed by atoms with van der Waals surface area (Å²) in [5.74, 6) is -3.68. The normalized spacial score (nSPS) is 14.6. The monoisotopic (exact) mass is 880 g/mol. The van der Waals surface area contributed by atoms with Crippen molar-refractivity contribution < 1.29 is 57.6 Å². The molecule has 1 amide bonds. The van der Waals surface area contributed by atoms with E-state index in [1.165, 1.54) is 21.3 Å². The quantitative estimate of drug-likeness (QED) is 0.0463. The van der Waals surface area contributed by atoms with Crippen molar-refractivity contribution in [3.05, 3.63) is 142 Å². The smallest absolute Gasteiger partial charge is 0.355 e. The van der Waals surface area contributed by atoms with Crippen LogP contribution in [0.25, 0.3) is 32.7 Å². The lowest BCUT2D eigenvalue weighted by Crippen LogP contribution is -2.44. The number of H-pyrrole nitrogens is 1. The molecule has 0 radical (unpaired) electrons. The zero-order valence-corrected chi connectivity index (χ0v) is 36.4. The number of carbonyl (C=O) groups is 6. The van der Waals surface area contributed by atoms with Crippen LogP contribution in [-0.4, -0.2) is 72.7 Å². The van der Waals surface area contributed by atoms with E-state index in [0.29, 0.717) is 33.5 Å². The average Bonchev–Trinajstić information content (AvgIpc) is 3.76. The van der Waals surface area contributed by atoms with Crippen LogP contribution < -0.4 is 10.1 Å². The first-order chi connectivity index (χ1) is 31.3. The Bertz CT molecular complexity index is 2860. The lowest BCUT2D eigenvalue weighted by Gasteiger charge is -2.28. The molecule has 65 heavy (non-hydrogen) atoms. The molecule has 2 heterocycles. The van der Waals surface area contributed by atoms with Crippen LogP contribution in [0.5, 0.6) is 11.5 Å². The Morgan fingerprint density at radius 3 is 1.91 bits per heavy atom. The van der Waals surface area contributed by atoms with E-state index in [2.05, 4.69) is 10.3 Å². The fourth-order valence-electron chi connectivity index (χ4n) is 8.48. The lowest BCUT2D eigenvalue weighted by atomic mass is 9.83. The predicted octanol–water partition coefficient (Wildman–Crippen LogP) is 7.55. The summed E-state index contributed by atoms with van der Waals surface area (Å²) >= 11 is 0. The van der Waals surface area contributed by atoms with Crippen molar-refractivity contribution in [2.45, 2.75) is 64.0 Å². The third-order valence-electron chi connectivity index (χ3n) is 11.7. The Labute approximate surface area is 374 Å². The van der Waals surface area contributed by atoms with Crippen molar-refractivity contribution in [3.8, 4) is 22.6 Å². The van der Waals surface area contributed by atoms with Crippen molar-refractivity contribution in [1.29, 1.82) is 0 Å². The molecule has 0 unspecified atom stereocenters. The Kier molecular flexibility index (Phi) is 13.8. The lowest BCUT2D eigenvalue weighted by molar-refractivity contribution is -0.141. The van der Waals surface area contributed by atoms with Gasteiger partial charge < -0.3 is 39.1 Å². The Hall–Kier alpha value is -7.74. The molecule has 0 spiro atoms. The molecule has 1 atom stereocenters. The Morgan fingerprint density at radius 2 is 1.25 bits per heavy atom. The highest BCUT2D eigenvalue weighted by atomic mass is 16.5. The number of fused-ring (bicyclic) bond motifs is 2. The molecule has 6 aromatic rings. The van der Waals surface area contributed by atoms with Gasteiger partial charge in [0.15, 0.2) is 0 Å². The van der Waals surface area contributed by atoms with Crippen LogP contribution in [-0.2, 0) is 68.8 Å². The minimum atomic E-state index is -1.37. The predicted molar refractivity (Wildman–Crippen MR) is 240 cm³/mol. The van der Waals surface area contributed by atoms with Crippen LogP contribution in [0.4, 0.5) is 0 Å². The number of phenols is 1. The number of aromatic amines is 1. The molecule has 5 aromatic carbocycles. The summed E-state index contributed by atoms with van der Waals surface area (Å²) in [6, 6.07) is 31.0. The molecule has 0 bridgehead atoms. The van der Waals surface area contributed by atoms with Crippen molar-refractivity contribution in [2.24, 2.45) is 0 Å². The van der Waals surface area contributed by atoms with E-state index in [9.17, 15) is 33.9 Å². The third-order valence-corrected chi connectivity index (χ3v) is 11.7. The van der Waals surface area contributed by atoms with Gasteiger partial charge in [-0.2, -0.15) is 0 Å². The van der Waals surface area contributed by atoms with Crippen LogP contribution in [0.3, 0.4) is 0 Å². The molecule has 3 N–H and O–H groups in total. The van der Waals surface area contributed by atoms with Crippen molar-refractivity contribution in [1.82, 2.24) is 10.3 Å². The maximum Gasteiger partial charge on any atom is 0.355 e. The van der Waals surface area contributed by atoms with Crippen LogP contribution in [0.2, 0.25) is 0 Å². The number of aromatic hydroxyl groups is 1. The van der Waals surface area contributed by atoms with Crippen molar-refractivity contribution in [3.63, 3.8) is 0 Å². The van der Waals surface area contributed by atoms with Crippen LogP contribution in [0.1, 0.15) is 65.5 Å². The van der Waals surface area contributed by atoms with E-state index >= 15 is 0 Å². The number of benzene rings is 5. The number of carbonyl (C=O) groups excluding carboxylic acids is 6. The van der Waals surface area contributed by atoms with E-state index in [-0.39, 0.29) is 67.9 Å². The highest BCUT2D eigenvalue weighted by Gasteiger charge is 2.44. The number of ether oxygens (including phenoxy) is 5. The summed E-state index contributed by atoms with van der Waals surface area (Å²) in [6.07, 6.45) is -1.27. The van der Waals surface area contributed by atoms with E-state index < -0.39 is 47.7 Å². The summed E-state index contributed by atoms with van der Waals surface area (Å²) in [7, 11) is 3.69. The number of methoxy groups -OCH3 is 3. The highest BCUT2D eigenvalue weighted by Crippen LogP contribution is 2.46. The van der Waals surface area contributed by atoms with Gasteiger partial charge in [-0.3, -0.25) is 24.0 Å². The molecular formula is C51H48N2O12. The van der Waals surface area contributed by atoms with E-state index in [1.807, 2.05) is 60.7 Å². The molecule has 0 saturated carbocycles. The van der Waals surface area contributed by atoms with Crippen LogP contribution >= 0.6 is 0 Å². The third kappa shape index (κ3) is 9.91. The van der Waals surface area contributed by atoms with Gasteiger partial charge in [0.05, 0.1) is 39.7 Å². The van der Waals surface area contributed by atoms with Crippen molar-refractivity contribution >= 4 is 57.3 Å². The molecule has 7 rings (SSSR count). The second-order valence-electron chi connectivity index (χ2n) is 15.8. The molecule has 14 nitrogen and oxygen atoms in total. The number of hydrogen-bond acceptors (Lipinski definition) is 12. The molecule has 334 valence electrons. The number of hydrogen-bond donors (Lipinski definition) is 3. The van der Waals surface area contributed by atoms with Gasteiger partial charge in [0.25, 0.3) is 0 Å². The summed E-state index contributed by atoms with van der Waals surface area (Å²) in [5.41, 5.74) is 1.74. The number of phenolic OH excluding ortho intramolecular Hbond substituents is 1. The second-order valence-corrected chi connectivity index (χ2v) is 15.8. The molecule has 1 aliphatic rings. The van der Waals surface area contributed by atoms with Gasteiger partial charge in [0.1, 0.15) is 23.8 Å². The number of amides is 1. The molecule has 0 saturated heterocycles. The van der Waals surface area contributed by atoms with Gasteiger partial charge in [0.2, 0.25) is 5.91 Å². The first-order valence-electron chi connectivity index (χ1n) is 21.0. The maximum absolute atomic E-state index is 14.5. The number of rotatable bonds is 17. The minimum absolute atomic E-state index is 0.0111. The topological polar surface area (TPSA) is 197 Å². The average molecular weight is 881 g/mol. The van der Waals surface area contributed by atoms with Gasteiger partial charge in [-0.1, -0.05) is 91.0 Å². The largest absolute Gasteiger partial charge is 0.507 e. The molecule has 14 heteroatoms. The van der Waals surface area contributed by atoms with Gasteiger partial charge >= 0.3 is 29.8 Å². The summed E-state index contributed by atoms with van der Waals surface area (Å²) in [4.78, 5) is 83.4. The SMILES string of the molecule is COC(=O)CCC1=C(CC(=O)Oc2ccc3ccccc3c2-c2c(O)ccc3ccccc23)[C@@](C)(Cc2[nH]c(C(=O)OCc3ccccc3)c(CCC(=O)OC)c2CC(=O)OC)NC1=O. The van der Waals surface area contributed by atoms with E-state index in [0.717, 1.165) is 27.1 Å². The fourth-order valence-corrected chi connectivity index (χ4v) is 8.48. The Balaban J connectivity index is 1.29. The zero-order chi connectivity index (χ0) is 46.3. The van der Waals surface area contributed by atoms with Gasteiger partial charge in [-0.25, -0.2) is 4.79 Å². The minimum Gasteiger partial charge on any atom is -0.507 e. The standard InChI is InChI=1S/C51H48N2O12/c1-51(28-39-37(26-44(57)63-4)35(20-24-42(55)61-2)48(52-39)50(60)64-29-30-12-6-5-7-13-30)38(36(49(59)53-51)21-25-43(56)62-3)27-45(58)65-41-23-19-32-15-9-11-17-34(32)47(41)46-33-16-10-8-14-31(33)18-22-40(46)54/h5-19,22-23,52,54H,20-21,24-29H2,1-4H3,(H,53,59)/t51-/m1/s1. The van der Waals surface area contributed by atoms with E-state index in [4.69, 9.17) is 23.7 Å². The van der Waals surface area contributed by atoms with Gasteiger partial charge in [-0.15, -0.1) is 0 Å². The zero-order valence-electron chi connectivity index (χ0n) is 36.4. The number of aromatic nitrogens is 1. The van der Waals surface area contributed by atoms with Crippen LogP contribution in [0.15, 0.2) is 114 Å². The first kappa shape index (κ1) is 45.3. The van der Waals surface area contributed by atoms with E-state index in [1.54, 1.807) is 49.4 Å². The first-order valence-corrected chi connectivity index (χ1v) is 21.0. The molecule has 0 fully saturated rings. The maximum atomic E-state index is 14.5. The fraction of sp³-hybridized carbons (Fsp3) is 0.255. The summed E-state index contributed by atoms with van der Waals surface area (Å²) in [6.45, 7) is 1.63. The molecule has 0 aliphatic carbocycles. The Morgan fingerprint density at radius 1 is 0.646 bits per heavy atom. The molecular weight excluding hydrogens is 833 g/mol. The second kappa shape index (κ2) is 19.8. The number of esters is 5. The van der Waals surface area contributed by atoms with Crippen LogP contribution in [0, 0.1) is 0 Å². The van der Waals surface area contributed by atoms with Gasteiger partial charge in [0, 0.05) is 41.7 Å². The number of nitrogens with one attached hydrogen (secondary N) is 2. The highest BCUT2D eigenvalue weighted by molar-refractivity contribution is 6.10. The van der Waals surface area contributed by atoms with Crippen molar-refractivity contribution in [2.75, 3.05) is 21.3 Å². The molecule has 1 aliphatic heterocycles. The van der Waals surface area contributed by atoms with Gasteiger partial charge in [-0.05, 0) is 75.7 Å². The summed E-state index contributed by atoms with van der Waals surface area (Å²) < 4.78 is 26.8. The molecule has 1 aromatic heterocycles. The summed E-state index contributed by atoms with van der Waals surface area (Å²) in [5, 5.41) is 17.5.